The first-order valence-electron chi connectivity index (χ1n) is 5.40. The average Bonchev–Trinajstić information content (AvgIpc) is 2.46. The van der Waals surface area contributed by atoms with Crippen molar-refractivity contribution in [3.63, 3.8) is 0 Å². The first-order chi connectivity index (χ1) is 6.77. The zero-order valence-electron chi connectivity index (χ0n) is 9.28. The van der Waals surface area contributed by atoms with Gasteiger partial charge in [0.15, 0.2) is 0 Å². The molecule has 0 atom stereocenters. The highest BCUT2D eigenvalue weighted by atomic mass is 35.5. The molecule has 15 heavy (non-hydrogen) atoms. The number of primary amides is 1. The van der Waals surface area contributed by atoms with E-state index >= 15 is 0 Å². The Bertz CT molecular complexity index is 164. The molecule has 3 nitrogen and oxygen atoms in total. The average molecular weight is 235 g/mol. The van der Waals surface area contributed by atoms with Gasteiger partial charge in [0.2, 0.25) is 5.91 Å². The molecule has 4 heteroatoms. The van der Waals surface area contributed by atoms with E-state index in [-0.39, 0.29) is 18.3 Å². The van der Waals surface area contributed by atoms with Gasteiger partial charge in [-0.25, -0.2) is 0 Å². The number of nitrogens with two attached hydrogens (primary N) is 2. The second-order valence-corrected chi connectivity index (χ2v) is 3.47. The van der Waals surface area contributed by atoms with Crippen LogP contribution >= 0.6 is 12.4 Å². The molecule has 0 aromatic carbocycles. The van der Waals surface area contributed by atoms with E-state index < -0.39 is 0 Å². The van der Waals surface area contributed by atoms with Crippen LogP contribution in [0, 0.1) is 0 Å². The summed E-state index contributed by atoms with van der Waals surface area (Å²) in [6, 6.07) is 0. The molecule has 4 N–H and O–H groups in total. The summed E-state index contributed by atoms with van der Waals surface area (Å²) in [5.41, 5.74) is 9.85. The van der Waals surface area contributed by atoms with Crippen LogP contribution in [0.4, 0.5) is 0 Å². The van der Waals surface area contributed by atoms with E-state index in [0.717, 1.165) is 0 Å². The Kier molecular flexibility index (Phi) is 15.1. The van der Waals surface area contributed by atoms with Crippen molar-refractivity contribution in [3.8, 4) is 0 Å². The topological polar surface area (TPSA) is 69.1 Å². The van der Waals surface area contributed by atoms with Gasteiger partial charge in [0, 0.05) is 6.42 Å². The van der Waals surface area contributed by atoms with Crippen molar-refractivity contribution in [1.82, 2.24) is 0 Å². The van der Waals surface area contributed by atoms with Gasteiger partial charge >= 0.3 is 0 Å². The fourth-order valence-corrected chi connectivity index (χ4v) is 1.21. The van der Waals surface area contributed by atoms with Gasteiger partial charge in [0.1, 0.15) is 0 Å². The van der Waals surface area contributed by atoms with Gasteiger partial charge in [-0.2, -0.15) is 0 Å². The molecule has 0 unspecified atom stereocenters. The van der Waals surface area contributed by atoms with Gasteiger partial charge < -0.3 is 11.5 Å². The maximum atomic E-state index is 9.92. The number of amides is 1. The SMILES string of the molecule is C1=CCCCCC1.Cl.NCCCC(N)=O. The minimum absolute atomic E-state index is 0. The number of carbonyl (C=O) groups excluding carboxylic acids is 1. The summed E-state index contributed by atoms with van der Waals surface area (Å²) in [4.78, 5) is 9.92. The van der Waals surface area contributed by atoms with Gasteiger partial charge in [0.05, 0.1) is 0 Å². The second kappa shape index (κ2) is 13.5. The summed E-state index contributed by atoms with van der Waals surface area (Å²) in [7, 11) is 0. The van der Waals surface area contributed by atoms with Crippen LogP contribution in [0.15, 0.2) is 12.2 Å². The molecule has 0 aromatic rings. The van der Waals surface area contributed by atoms with E-state index in [9.17, 15) is 4.79 Å². The van der Waals surface area contributed by atoms with E-state index in [1.807, 2.05) is 0 Å². The maximum Gasteiger partial charge on any atom is 0.217 e. The van der Waals surface area contributed by atoms with Crippen LogP contribution in [0.3, 0.4) is 0 Å². The first-order valence-corrected chi connectivity index (χ1v) is 5.40. The fourth-order valence-electron chi connectivity index (χ4n) is 1.21. The quantitative estimate of drug-likeness (QED) is 0.735. The van der Waals surface area contributed by atoms with Crippen molar-refractivity contribution < 1.29 is 4.79 Å². The summed E-state index contributed by atoms with van der Waals surface area (Å²) >= 11 is 0. The lowest BCUT2D eigenvalue weighted by Crippen LogP contribution is -2.12. The minimum atomic E-state index is -0.273. The van der Waals surface area contributed by atoms with E-state index in [1.165, 1.54) is 32.1 Å². The molecular formula is C11H23ClN2O. The first kappa shape index (κ1) is 16.9. The Morgan fingerprint density at radius 1 is 1.13 bits per heavy atom. The third kappa shape index (κ3) is 16.2. The Morgan fingerprint density at radius 2 is 1.67 bits per heavy atom. The molecular weight excluding hydrogens is 212 g/mol. The van der Waals surface area contributed by atoms with Crippen molar-refractivity contribution in [1.29, 1.82) is 0 Å². The van der Waals surface area contributed by atoms with Crippen molar-refractivity contribution in [2.24, 2.45) is 11.5 Å². The molecule has 0 heterocycles. The predicted molar refractivity (Wildman–Crippen MR) is 67.0 cm³/mol. The lowest BCUT2D eigenvalue weighted by molar-refractivity contribution is -0.118. The fraction of sp³-hybridized carbons (Fsp3) is 0.727. The summed E-state index contributed by atoms with van der Waals surface area (Å²) < 4.78 is 0. The molecule has 0 aliphatic heterocycles. The summed E-state index contributed by atoms with van der Waals surface area (Å²) in [6.07, 6.45) is 12.6. The summed E-state index contributed by atoms with van der Waals surface area (Å²) in [5.74, 6) is -0.273. The molecule has 0 aromatic heterocycles. The number of hydrogen-bond acceptors (Lipinski definition) is 2. The normalized spacial score (nSPS) is 14.2. The van der Waals surface area contributed by atoms with Crippen molar-refractivity contribution in [3.05, 3.63) is 12.2 Å². The Labute approximate surface area is 98.7 Å². The zero-order valence-corrected chi connectivity index (χ0v) is 10.1. The van der Waals surface area contributed by atoms with Crippen LogP contribution in [0.5, 0.6) is 0 Å². The minimum Gasteiger partial charge on any atom is -0.370 e. The molecule has 1 aliphatic rings. The maximum absolute atomic E-state index is 9.92. The van der Waals surface area contributed by atoms with Gasteiger partial charge in [-0.05, 0) is 38.6 Å². The van der Waals surface area contributed by atoms with Crippen molar-refractivity contribution in [2.75, 3.05) is 6.54 Å². The highest BCUT2D eigenvalue weighted by molar-refractivity contribution is 5.85. The number of rotatable bonds is 3. The van der Waals surface area contributed by atoms with E-state index in [4.69, 9.17) is 11.5 Å². The van der Waals surface area contributed by atoms with Crippen LogP contribution in [0.1, 0.15) is 44.9 Å². The van der Waals surface area contributed by atoms with Gasteiger partial charge in [-0.1, -0.05) is 18.6 Å². The predicted octanol–water partition coefficient (Wildman–Crippen LogP) is 2.14. The molecule has 0 spiro atoms. The number of hydrogen-bond donors (Lipinski definition) is 2. The molecule has 0 saturated heterocycles. The zero-order chi connectivity index (χ0) is 10.6. The molecule has 90 valence electrons. The van der Waals surface area contributed by atoms with E-state index in [0.29, 0.717) is 19.4 Å². The van der Waals surface area contributed by atoms with Crippen LogP contribution < -0.4 is 11.5 Å². The lowest BCUT2D eigenvalue weighted by Gasteiger charge is -1.87. The number of carbonyl (C=O) groups is 1. The largest absolute Gasteiger partial charge is 0.370 e. The van der Waals surface area contributed by atoms with Crippen molar-refractivity contribution in [2.45, 2.75) is 44.9 Å². The number of allylic oxidation sites excluding steroid dienone is 2. The summed E-state index contributed by atoms with van der Waals surface area (Å²) in [5, 5.41) is 0. The Morgan fingerprint density at radius 3 is 2.00 bits per heavy atom. The molecule has 0 fully saturated rings. The number of halogens is 1. The monoisotopic (exact) mass is 234 g/mol. The Balaban J connectivity index is 0. The molecule has 1 rings (SSSR count). The van der Waals surface area contributed by atoms with Crippen LogP contribution in [-0.4, -0.2) is 12.5 Å². The standard InChI is InChI=1S/C7H12.C4H10N2O.ClH/c1-2-4-6-7-5-3-1;5-3-1-2-4(6)7;/h1-2H,3-7H2;1-3,5H2,(H2,6,7);1H. The molecule has 1 amide bonds. The molecule has 0 bridgehead atoms. The van der Waals surface area contributed by atoms with Gasteiger partial charge in [0.25, 0.3) is 0 Å². The highest BCUT2D eigenvalue weighted by Gasteiger charge is 1.89. The Hall–Kier alpha value is -0.540. The third-order valence-corrected chi connectivity index (χ3v) is 2.04. The smallest absolute Gasteiger partial charge is 0.217 e. The second-order valence-electron chi connectivity index (χ2n) is 3.47. The summed E-state index contributed by atoms with van der Waals surface area (Å²) in [6.45, 7) is 0.545. The van der Waals surface area contributed by atoms with Gasteiger partial charge in [-0.3, -0.25) is 4.79 Å². The molecule has 1 aliphatic carbocycles. The lowest BCUT2D eigenvalue weighted by atomic mass is 10.2. The third-order valence-electron chi connectivity index (χ3n) is 2.04. The highest BCUT2D eigenvalue weighted by Crippen LogP contribution is 2.08. The van der Waals surface area contributed by atoms with E-state index in [2.05, 4.69) is 12.2 Å². The molecule has 0 saturated carbocycles. The van der Waals surface area contributed by atoms with Crippen LogP contribution in [-0.2, 0) is 4.79 Å². The van der Waals surface area contributed by atoms with Crippen LogP contribution in [0.2, 0.25) is 0 Å². The molecule has 0 radical (unpaired) electrons. The van der Waals surface area contributed by atoms with Gasteiger partial charge in [-0.15, -0.1) is 12.4 Å². The van der Waals surface area contributed by atoms with Crippen LogP contribution in [0.25, 0.3) is 0 Å². The van der Waals surface area contributed by atoms with E-state index in [1.54, 1.807) is 0 Å². The van der Waals surface area contributed by atoms with Crippen molar-refractivity contribution >= 4 is 18.3 Å².